The number of amides is 1. The third-order valence-corrected chi connectivity index (χ3v) is 9.81. The van der Waals surface area contributed by atoms with Crippen LogP contribution >= 0.6 is 11.3 Å². The quantitative estimate of drug-likeness (QED) is 0.253. The van der Waals surface area contributed by atoms with Gasteiger partial charge in [0.2, 0.25) is 5.91 Å². The summed E-state index contributed by atoms with van der Waals surface area (Å²) < 4.78 is 39.7. The SMILES string of the molecule is COC(=O)c1c(NC(=O)CN(c2ccc(Oc3ccccc3)cc2)S(=O)(=O)c2ccc(C)cc2)sc2c1CCN(C)C2. The molecule has 2 heterocycles. The second-order valence-corrected chi connectivity index (χ2v) is 12.9. The van der Waals surface area contributed by atoms with E-state index in [2.05, 4.69) is 10.2 Å². The first-order chi connectivity index (χ1) is 20.2. The van der Waals surface area contributed by atoms with E-state index in [9.17, 15) is 18.0 Å². The van der Waals surface area contributed by atoms with Crippen LogP contribution in [0.3, 0.4) is 0 Å². The van der Waals surface area contributed by atoms with Crippen molar-refractivity contribution in [1.82, 2.24) is 4.90 Å². The summed E-state index contributed by atoms with van der Waals surface area (Å²) in [7, 11) is -0.845. The van der Waals surface area contributed by atoms with Crippen molar-refractivity contribution in [2.75, 3.05) is 36.9 Å². The second kappa shape index (κ2) is 12.4. The highest BCUT2D eigenvalue weighted by Crippen LogP contribution is 2.37. The molecule has 0 atom stereocenters. The van der Waals surface area contributed by atoms with E-state index in [0.717, 1.165) is 26.9 Å². The highest BCUT2D eigenvalue weighted by atomic mass is 32.2. The number of carbonyl (C=O) groups excluding carboxylic acids is 2. The molecular weight excluding hydrogens is 574 g/mol. The molecular formula is C31H31N3O6S2. The number of esters is 1. The number of nitrogens with one attached hydrogen (secondary N) is 1. The molecule has 218 valence electrons. The molecule has 1 N–H and O–H groups in total. The van der Waals surface area contributed by atoms with Crippen LogP contribution in [0.15, 0.2) is 83.8 Å². The Hall–Kier alpha value is -4.19. The number of anilines is 2. The van der Waals surface area contributed by atoms with E-state index >= 15 is 0 Å². The Bertz CT molecular complexity index is 1690. The number of hydrogen-bond donors (Lipinski definition) is 1. The molecule has 0 bridgehead atoms. The van der Waals surface area contributed by atoms with Gasteiger partial charge >= 0.3 is 5.97 Å². The Morgan fingerprint density at radius 1 is 0.976 bits per heavy atom. The van der Waals surface area contributed by atoms with E-state index in [4.69, 9.17) is 9.47 Å². The Balaban J connectivity index is 1.45. The molecule has 3 aromatic carbocycles. The molecule has 1 aromatic heterocycles. The number of carbonyl (C=O) groups is 2. The van der Waals surface area contributed by atoms with Gasteiger partial charge in [0.1, 0.15) is 23.0 Å². The largest absolute Gasteiger partial charge is 0.465 e. The molecule has 0 unspecified atom stereocenters. The number of hydrogen-bond acceptors (Lipinski definition) is 8. The standard InChI is InChI=1S/C31H31N3O6S2/c1-21-9-15-25(16-10-21)42(37,38)34(22-11-13-24(14-12-22)40-23-7-5-4-6-8-23)20-28(35)32-30-29(31(36)39-3)26-17-18-33(2)19-27(26)41-30/h4-16H,17-20H2,1-3H3,(H,32,35). The molecule has 0 fully saturated rings. The van der Waals surface area contributed by atoms with E-state index in [0.29, 0.717) is 35.0 Å². The van der Waals surface area contributed by atoms with Crippen LogP contribution in [0.5, 0.6) is 11.5 Å². The van der Waals surface area contributed by atoms with E-state index in [1.807, 2.05) is 44.3 Å². The third kappa shape index (κ3) is 6.33. The number of aryl methyl sites for hydroxylation is 1. The zero-order chi connectivity index (χ0) is 29.9. The van der Waals surface area contributed by atoms with E-state index in [1.165, 1.54) is 30.6 Å². The zero-order valence-corrected chi connectivity index (χ0v) is 25.1. The minimum atomic E-state index is -4.13. The Morgan fingerprint density at radius 3 is 2.31 bits per heavy atom. The Labute approximate surface area is 249 Å². The molecule has 42 heavy (non-hydrogen) atoms. The summed E-state index contributed by atoms with van der Waals surface area (Å²) in [6.45, 7) is 2.77. The molecule has 0 saturated carbocycles. The van der Waals surface area contributed by atoms with Crippen molar-refractivity contribution in [3.05, 3.63) is 100 Å². The molecule has 1 amide bonds. The molecule has 9 nitrogen and oxygen atoms in total. The number of para-hydroxylation sites is 1. The summed E-state index contributed by atoms with van der Waals surface area (Å²) >= 11 is 1.31. The van der Waals surface area contributed by atoms with Crippen LogP contribution in [-0.2, 0) is 32.5 Å². The number of fused-ring (bicyclic) bond motifs is 1. The predicted octanol–water partition coefficient (Wildman–Crippen LogP) is 5.46. The predicted molar refractivity (Wildman–Crippen MR) is 163 cm³/mol. The van der Waals surface area contributed by atoms with Gasteiger partial charge in [-0.15, -0.1) is 11.3 Å². The Morgan fingerprint density at radius 2 is 1.64 bits per heavy atom. The Kier molecular flexibility index (Phi) is 8.62. The molecule has 11 heteroatoms. The van der Waals surface area contributed by atoms with Crippen molar-refractivity contribution in [2.45, 2.75) is 24.8 Å². The van der Waals surface area contributed by atoms with Crippen molar-refractivity contribution >= 4 is 43.9 Å². The molecule has 0 saturated heterocycles. The summed E-state index contributed by atoms with van der Waals surface area (Å²) in [5.41, 5.74) is 2.38. The highest BCUT2D eigenvalue weighted by Gasteiger charge is 2.31. The van der Waals surface area contributed by atoms with Gasteiger partial charge in [0, 0.05) is 18.0 Å². The topological polar surface area (TPSA) is 105 Å². The number of benzene rings is 3. The average Bonchev–Trinajstić information content (AvgIpc) is 3.33. The summed E-state index contributed by atoms with van der Waals surface area (Å²) in [5.74, 6) is 0.0249. The minimum Gasteiger partial charge on any atom is -0.465 e. The lowest BCUT2D eigenvalue weighted by molar-refractivity contribution is -0.114. The number of likely N-dealkylation sites (N-methyl/N-ethyl adjacent to an activating group) is 1. The van der Waals surface area contributed by atoms with Crippen LogP contribution in [0.2, 0.25) is 0 Å². The lowest BCUT2D eigenvalue weighted by Crippen LogP contribution is -2.38. The number of rotatable bonds is 9. The molecule has 1 aliphatic rings. The number of sulfonamides is 1. The smallest absolute Gasteiger partial charge is 0.341 e. The third-order valence-electron chi connectivity index (χ3n) is 6.89. The van der Waals surface area contributed by atoms with Gasteiger partial charge in [0.05, 0.1) is 23.3 Å². The minimum absolute atomic E-state index is 0.0513. The summed E-state index contributed by atoms with van der Waals surface area (Å²) in [5, 5.41) is 3.16. The van der Waals surface area contributed by atoms with Crippen LogP contribution in [0.25, 0.3) is 0 Å². The second-order valence-electron chi connectivity index (χ2n) is 9.97. The number of methoxy groups -OCH3 is 1. The molecule has 1 aliphatic heterocycles. The van der Waals surface area contributed by atoms with Gasteiger partial charge in [-0.2, -0.15) is 0 Å². The first-order valence-electron chi connectivity index (χ1n) is 13.3. The first kappa shape index (κ1) is 29.3. The van der Waals surface area contributed by atoms with Crippen molar-refractivity contribution in [2.24, 2.45) is 0 Å². The molecule has 0 radical (unpaired) electrons. The monoisotopic (exact) mass is 605 g/mol. The summed E-state index contributed by atoms with van der Waals surface area (Å²) in [4.78, 5) is 29.3. The summed E-state index contributed by atoms with van der Waals surface area (Å²) in [6, 6.07) is 22.1. The highest BCUT2D eigenvalue weighted by molar-refractivity contribution is 7.92. The van der Waals surface area contributed by atoms with Gasteiger partial charge in [-0.25, -0.2) is 13.2 Å². The van der Waals surface area contributed by atoms with Gasteiger partial charge < -0.3 is 19.7 Å². The lowest BCUT2D eigenvalue weighted by atomic mass is 10.0. The molecule has 0 aliphatic carbocycles. The van der Waals surface area contributed by atoms with E-state index < -0.39 is 28.4 Å². The van der Waals surface area contributed by atoms with Gasteiger partial charge in [-0.3, -0.25) is 9.10 Å². The van der Waals surface area contributed by atoms with Crippen LogP contribution < -0.4 is 14.4 Å². The van der Waals surface area contributed by atoms with Crippen molar-refractivity contribution in [1.29, 1.82) is 0 Å². The van der Waals surface area contributed by atoms with Crippen molar-refractivity contribution < 1.29 is 27.5 Å². The number of thiophene rings is 1. The van der Waals surface area contributed by atoms with Gasteiger partial charge in [-0.05, 0) is 74.5 Å². The number of nitrogens with zero attached hydrogens (tertiary/aromatic N) is 2. The van der Waals surface area contributed by atoms with Gasteiger partial charge in [0.15, 0.2) is 0 Å². The van der Waals surface area contributed by atoms with Gasteiger partial charge in [0.25, 0.3) is 10.0 Å². The fourth-order valence-corrected chi connectivity index (χ4v) is 7.44. The number of ether oxygens (including phenoxy) is 2. The van der Waals surface area contributed by atoms with Crippen molar-refractivity contribution in [3.8, 4) is 11.5 Å². The average molecular weight is 606 g/mol. The van der Waals surface area contributed by atoms with Crippen LogP contribution in [-0.4, -0.2) is 52.4 Å². The maximum Gasteiger partial charge on any atom is 0.341 e. The molecule has 4 aromatic rings. The van der Waals surface area contributed by atoms with Gasteiger partial charge in [-0.1, -0.05) is 35.9 Å². The van der Waals surface area contributed by atoms with Crippen LogP contribution in [0, 0.1) is 6.92 Å². The molecule has 5 rings (SSSR count). The maximum atomic E-state index is 13.9. The van der Waals surface area contributed by atoms with Crippen LogP contribution in [0.1, 0.15) is 26.4 Å². The van der Waals surface area contributed by atoms with E-state index in [-0.39, 0.29) is 10.6 Å². The van der Waals surface area contributed by atoms with Crippen molar-refractivity contribution in [3.63, 3.8) is 0 Å². The summed E-state index contributed by atoms with van der Waals surface area (Å²) in [6.07, 6.45) is 0.647. The lowest BCUT2D eigenvalue weighted by Gasteiger charge is -2.24. The fraction of sp³-hybridized carbons (Fsp3) is 0.226. The first-order valence-corrected chi connectivity index (χ1v) is 15.5. The fourth-order valence-electron chi connectivity index (χ4n) is 4.69. The maximum absolute atomic E-state index is 13.9. The normalized spacial score (nSPS) is 13.2. The molecule has 0 spiro atoms. The van der Waals surface area contributed by atoms with Crippen LogP contribution in [0.4, 0.5) is 10.7 Å². The van der Waals surface area contributed by atoms with E-state index in [1.54, 1.807) is 36.4 Å². The zero-order valence-electron chi connectivity index (χ0n) is 23.5.